The van der Waals surface area contributed by atoms with Crippen LogP contribution in [0.1, 0.15) is 35.5 Å². The number of hydrogen-bond donors (Lipinski definition) is 3. The quantitative estimate of drug-likeness (QED) is 0.174. The monoisotopic (exact) mass is 596 g/mol. The number of carbonyl (C=O) groups excluding carboxylic acids is 2. The first-order valence-corrected chi connectivity index (χ1v) is 13.8. The molecule has 0 saturated heterocycles. The Balaban J connectivity index is 1.25. The number of amides is 2. The predicted octanol–water partition coefficient (Wildman–Crippen LogP) is 6.13. The van der Waals surface area contributed by atoms with Crippen LogP contribution in [-0.2, 0) is 16.0 Å². The van der Waals surface area contributed by atoms with E-state index >= 15 is 4.39 Å². The number of aromatic nitrogens is 2. The molecule has 11 heteroatoms. The summed E-state index contributed by atoms with van der Waals surface area (Å²) in [5, 5.41) is 18.9. The number of hydrogen-bond acceptors (Lipinski definition) is 7. The van der Waals surface area contributed by atoms with Gasteiger partial charge in [-0.15, -0.1) is 0 Å². The zero-order chi connectivity index (χ0) is 31.4. The Kier molecular flexibility index (Phi) is 8.66. The molecule has 0 aliphatic heterocycles. The first kappa shape index (κ1) is 29.9. The number of nitrogens with zero attached hydrogens (tertiary/aromatic N) is 2. The molecule has 10 nitrogen and oxygen atoms in total. The maximum Gasteiger partial charge on any atom is 0.326 e. The Morgan fingerprint density at radius 1 is 0.932 bits per heavy atom. The van der Waals surface area contributed by atoms with E-state index < -0.39 is 23.7 Å². The summed E-state index contributed by atoms with van der Waals surface area (Å²) >= 11 is 0. The van der Waals surface area contributed by atoms with E-state index in [1.165, 1.54) is 24.3 Å². The van der Waals surface area contributed by atoms with Crippen molar-refractivity contribution in [2.75, 3.05) is 5.32 Å². The lowest BCUT2D eigenvalue weighted by Crippen LogP contribution is -2.42. The fourth-order valence-electron chi connectivity index (χ4n) is 4.30. The summed E-state index contributed by atoms with van der Waals surface area (Å²) in [6, 6.07) is 20.2. The summed E-state index contributed by atoms with van der Waals surface area (Å²) < 4.78 is 26.1. The van der Waals surface area contributed by atoms with Gasteiger partial charge in [-0.1, -0.05) is 54.9 Å². The van der Waals surface area contributed by atoms with Crippen LogP contribution in [0.5, 0.6) is 0 Å². The van der Waals surface area contributed by atoms with Gasteiger partial charge in [0, 0.05) is 29.2 Å². The van der Waals surface area contributed by atoms with Crippen molar-refractivity contribution >= 4 is 23.5 Å². The molecule has 0 saturated carbocycles. The molecule has 3 N–H and O–H groups in total. The van der Waals surface area contributed by atoms with E-state index in [2.05, 4.69) is 20.8 Å². The van der Waals surface area contributed by atoms with Crippen LogP contribution in [0, 0.1) is 18.7 Å². The number of anilines is 1. The topological polar surface area (TPSA) is 148 Å². The molecule has 5 rings (SSSR count). The number of carbonyl (C=O) groups is 3. The van der Waals surface area contributed by atoms with E-state index in [-0.39, 0.29) is 41.3 Å². The van der Waals surface area contributed by atoms with E-state index in [0.29, 0.717) is 22.6 Å². The lowest BCUT2D eigenvalue weighted by Gasteiger charge is -2.14. The third kappa shape index (κ3) is 6.89. The molecule has 2 aromatic heterocycles. The molecule has 5 aromatic rings. The van der Waals surface area contributed by atoms with Crippen molar-refractivity contribution in [3.63, 3.8) is 0 Å². The Labute approximate surface area is 251 Å². The average molecular weight is 597 g/mol. The standard InChI is InChI=1S/C33H29FN4O6/c1-18(2)30(39)35-23-11-9-22(10-12-23)32-37-29(38-44-32)24-13-6-20(16-25(24)34)17-26(33(41)42)36-31(40)28-15-14-27(43-28)21-7-4-19(3)5-8-21/h4-16,18,26H,17H2,1-3H3,(H,35,39)(H,36,40)(H,41,42). The number of rotatable bonds is 10. The second-order valence-corrected chi connectivity index (χ2v) is 10.6. The molecule has 0 aliphatic rings. The number of nitrogens with one attached hydrogen (secondary N) is 2. The summed E-state index contributed by atoms with van der Waals surface area (Å²) in [5.74, 6) is -2.37. The van der Waals surface area contributed by atoms with Crippen LogP contribution >= 0.6 is 0 Å². The summed E-state index contributed by atoms with van der Waals surface area (Å²) in [7, 11) is 0. The fraction of sp³-hybridized carbons (Fsp3) is 0.182. The van der Waals surface area contributed by atoms with Crippen LogP contribution in [0.3, 0.4) is 0 Å². The van der Waals surface area contributed by atoms with Gasteiger partial charge in [-0.05, 0) is 61.0 Å². The molecule has 1 unspecified atom stereocenters. The second-order valence-electron chi connectivity index (χ2n) is 10.6. The lowest BCUT2D eigenvalue weighted by molar-refractivity contribution is -0.139. The third-order valence-corrected chi connectivity index (χ3v) is 6.83. The Hall–Kier alpha value is -5.58. The van der Waals surface area contributed by atoms with E-state index in [1.54, 1.807) is 44.2 Å². The fourth-order valence-corrected chi connectivity index (χ4v) is 4.30. The van der Waals surface area contributed by atoms with Crippen LogP contribution in [0.2, 0.25) is 0 Å². The van der Waals surface area contributed by atoms with Gasteiger partial charge in [-0.25, -0.2) is 9.18 Å². The normalized spacial score (nSPS) is 11.8. The summed E-state index contributed by atoms with van der Waals surface area (Å²) in [6.07, 6.45) is -0.180. The lowest BCUT2D eigenvalue weighted by atomic mass is 10.0. The maximum absolute atomic E-state index is 15.1. The van der Waals surface area contributed by atoms with Gasteiger partial charge in [0.05, 0.1) is 5.56 Å². The number of furan rings is 1. The molecule has 44 heavy (non-hydrogen) atoms. The van der Waals surface area contributed by atoms with Crippen LogP contribution < -0.4 is 10.6 Å². The number of carboxylic acids is 1. The van der Waals surface area contributed by atoms with Crippen molar-refractivity contribution in [3.05, 3.63) is 102 Å². The number of benzene rings is 3. The van der Waals surface area contributed by atoms with E-state index in [4.69, 9.17) is 8.94 Å². The van der Waals surface area contributed by atoms with Crippen molar-refractivity contribution in [1.82, 2.24) is 15.5 Å². The zero-order valence-corrected chi connectivity index (χ0v) is 24.1. The molecule has 2 heterocycles. The molecular formula is C33H29FN4O6. The maximum atomic E-state index is 15.1. The van der Waals surface area contributed by atoms with Gasteiger partial charge in [0.1, 0.15) is 17.6 Å². The van der Waals surface area contributed by atoms with Crippen molar-refractivity contribution in [2.24, 2.45) is 5.92 Å². The Morgan fingerprint density at radius 2 is 1.64 bits per heavy atom. The molecule has 224 valence electrons. The number of carboxylic acid groups (broad SMARTS) is 1. The summed E-state index contributed by atoms with van der Waals surface area (Å²) in [5.41, 5.74) is 3.43. The molecule has 2 amide bonds. The SMILES string of the molecule is Cc1ccc(-c2ccc(C(=O)NC(Cc3ccc(-c4noc(-c5ccc(NC(=O)C(C)C)cc5)n4)c(F)c3)C(=O)O)o2)cc1. The van der Waals surface area contributed by atoms with E-state index in [1.807, 2.05) is 31.2 Å². The summed E-state index contributed by atoms with van der Waals surface area (Å²) in [6.45, 7) is 5.54. The highest BCUT2D eigenvalue weighted by Crippen LogP contribution is 2.27. The molecule has 0 spiro atoms. The largest absolute Gasteiger partial charge is 0.480 e. The van der Waals surface area contributed by atoms with Crippen LogP contribution in [0.25, 0.3) is 34.2 Å². The summed E-state index contributed by atoms with van der Waals surface area (Å²) in [4.78, 5) is 40.9. The van der Waals surface area contributed by atoms with Crippen molar-refractivity contribution in [1.29, 1.82) is 0 Å². The Morgan fingerprint density at radius 3 is 2.30 bits per heavy atom. The van der Waals surface area contributed by atoms with Crippen LogP contribution in [-0.4, -0.2) is 39.1 Å². The molecule has 0 fully saturated rings. The minimum Gasteiger partial charge on any atom is -0.480 e. The predicted molar refractivity (Wildman–Crippen MR) is 160 cm³/mol. The van der Waals surface area contributed by atoms with Gasteiger partial charge in [0.2, 0.25) is 11.7 Å². The molecule has 0 radical (unpaired) electrons. The minimum absolute atomic E-state index is 0.00604. The van der Waals surface area contributed by atoms with Crippen LogP contribution in [0.15, 0.2) is 87.8 Å². The highest BCUT2D eigenvalue weighted by Gasteiger charge is 2.24. The van der Waals surface area contributed by atoms with Gasteiger partial charge in [-0.3, -0.25) is 9.59 Å². The van der Waals surface area contributed by atoms with Crippen LogP contribution in [0.4, 0.5) is 10.1 Å². The van der Waals surface area contributed by atoms with Gasteiger partial charge in [0.15, 0.2) is 5.76 Å². The van der Waals surface area contributed by atoms with Gasteiger partial charge in [-0.2, -0.15) is 4.98 Å². The van der Waals surface area contributed by atoms with Crippen molar-refractivity contribution in [2.45, 2.75) is 33.2 Å². The van der Waals surface area contributed by atoms with Crippen molar-refractivity contribution in [3.8, 4) is 34.2 Å². The number of halogens is 1. The molecule has 0 bridgehead atoms. The minimum atomic E-state index is -1.34. The molecule has 3 aromatic carbocycles. The second kappa shape index (κ2) is 12.7. The number of aryl methyl sites for hydroxylation is 1. The van der Waals surface area contributed by atoms with E-state index in [9.17, 15) is 19.5 Å². The van der Waals surface area contributed by atoms with Crippen molar-refractivity contribution < 1.29 is 32.8 Å². The van der Waals surface area contributed by atoms with Gasteiger partial charge < -0.3 is 24.7 Å². The van der Waals surface area contributed by atoms with Gasteiger partial charge in [0.25, 0.3) is 11.8 Å². The van der Waals surface area contributed by atoms with E-state index in [0.717, 1.165) is 11.1 Å². The first-order chi connectivity index (χ1) is 21.1. The molecule has 1 atom stereocenters. The molecule has 0 aliphatic carbocycles. The van der Waals surface area contributed by atoms with Gasteiger partial charge >= 0.3 is 5.97 Å². The highest BCUT2D eigenvalue weighted by atomic mass is 19.1. The molecular weight excluding hydrogens is 567 g/mol. The average Bonchev–Trinajstić information content (AvgIpc) is 3.69. The highest BCUT2D eigenvalue weighted by molar-refractivity contribution is 5.95. The number of aliphatic carboxylic acids is 1. The first-order valence-electron chi connectivity index (χ1n) is 13.8. The smallest absolute Gasteiger partial charge is 0.326 e. The third-order valence-electron chi connectivity index (χ3n) is 6.83. The zero-order valence-electron chi connectivity index (χ0n) is 24.1. The Bertz CT molecular complexity index is 1810.